The molecule has 0 aliphatic carbocycles. The van der Waals surface area contributed by atoms with Crippen LogP contribution in [-0.2, 0) is 5.60 Å². The highest BCUT2D eigenvalue weighted by Crippen LogP contribution is 2.41. The Morgan fingerprint density at radius 3 is 2.80 bits per heavy atom. The van der Waals surface area contributed by atoms with Gasteiger partial charge in [0.15, 0.2) is 0 Å². The molecule has 1 saturated heterocycles. The van der Waals surface area contributed by atoms with E-state index in [0.717, 1.165) is 21.5 Å². The fourth-order valence-corrected chi connectivity index (χ4v) is 3.71. The maximum absolute atomic E-state index is 10.6. The van der Waals surface area contributed by atoms with E-state index in [2.05, 4.69) is 35.8 Å². The second kappa shape index (κ2) is 4.11. The summed E-state index contributed by atoms with van der Waals surface area (Å²) in [7, 11) is 0. The predicted octanol–water partition coefficient (Wildman–Crippen LogP) is 3.33. The van der Waals surface area contributed by atoms with Gasteiger partial charge in [0, 0.05) is 10.2 Å². The normalized spacial score (nSPS) is 30.8. The summed E-state index contributed by atoms with van der Waals surface area (Å²) in [5, 5.41) is 10.6. The van der Waals surface area contributed by atoms with E-state index >= 15 is 0 Å². The van der Waals surface area contributed by atoms with Crippen LogP contribution >= 0.6 is 27.7 Å². The third kappa shape index (κ3) is 1.97. The SMILES string of the molecule is Cc1cc([C@@]2(O)CSC[C@@H]2C)ccc1Br. The molecule has 1 aromatic rings. The molecular weight excluding hydrogens is 272 g/mol. The summed E-state index contributed by atoms with van der Waals surface area (Å²) in [5.41, 5.74) is 1.61. The third-order valence-corrected chi connectivity index (χ3v) is 5.43. The highest BCUT2D eigenvalue weighted by molar-refractivity contribution is 9.10. The van der Waals surface area contributed by atoms with Crippen LogP contribution in [0.1, 0.15) is 18.1 Å². The Morgan fingerprint density at radius 1 is 1.53 bits per heavy atom. The average Bonchev–Trinajstić information content (AvgIpc) is 2.53. The fourth-order valence-electron chi connectivity index (χ4n) is 1.95. The molecule has 1 N–H and O–H groups in total. The van der Waals surface area contributed by atoms with Crippen molar-refractivity contribution < 1.29 is 5.11 Å². The lowest BCUT2D eigenvalue weighted by molar-refractivity contribution is 0.0234. The standard InChI is InChI=1S/C12H15BrOS/c1-8-5-10(3-4-11(8)13)12(14)7-15-6-9(12)2/h3-5,9,14H,6-7H2,1-2H3/t9-,12+/m0/s1. The lowest BCUT2D eigenvalue weighted by Gasteiger charge is -2.27. The van der Waals surface area contributed by atoms with Crippen molar-refractivity contribution in [1.29, 1.82) is 0 Å². The van der Waals surface area contributed by atoms with Crippen LogP contribution in [0.3, 0.4) is 0 Å². The first kappa shape index (κ1) is 11.5. The number of hydrogen-bond acceptors (Lipinski definition) is 2. The van der Waals surface area contributed by atoms with Gasteiger partial charge in [0.05, 0.1) is 0 Å². The van der Waals surface area contributed by atoms with Crippen molar-refractivity contribution in [1.82, 2.24) is 0 Å². The number of hydrogen-bond donors (Lipinski definition) is 1. The van der Waals surface area contributed by atoms with Crippen LogP contribution < -0.4 is 0 Å². The smallest absolute Gasteiger partial charge is 0.102 e. The van der Waals surface area contributed by atoms with Crippen molar-refractivity contribution in [3.8, 4) is 0 Å². The van der Waals surface area contributed by atoms with Crippen LogP contribution in [0.4, 0.5) is 0 Å². The molecule has 1 fully saturated rings. The van der Waals surface area contributed by atoms with Gasteiger partial charge >= 0.3 is 0 Å². The largest absolute Gasteiger partial charge is 0.384 e. The van der Waals surface area contributed by atoms with E-state index in [1.807, 2.05) is 23.9 Å². The van der Waals surface area contributed by atoms with Gasteiger partial charge in [0.2, 0.25) is 0 Å². The lowest BCUT2D eigenvalue weighted by atomic mass is 9.85. The zero-order chi connectivity index (χ0) is 11.1. The molecule has 0 aromatic heterocycles. The van der Waals surface area contributed by atoms with Gasteiger partial charge in [-0.25, -0.2) is 0 Å². The van der Waals surface area contributed by atoms with Gasteiger partial charge in [-0.3, -0.25) is 0 Å². The van der Waals surface area contributed by atoms with Gasteiger partial charge in [-0.05, 0) is 35.8 Å². The minimum atomic E-state index is -0.629. The summed E-state index contributed by atoms with van der Waals surface area (Å²) in [6, 6.07) is 6.14. The summed E-state index contributed by atoms with van der Waals surface area (Å²) >= 11 is 5.32. The van der Waals surface area contributed by atoms with E-state index in [1.54, 1.807) is 0 Å². The molecule has 82 valence electrons. The summed E-state index contributed by atoms with van der Waals surface area (Å²) in [4.78, 5) is 0. The number of thioether (sulfide) groups is 1. The molecule has 1 heterocycles. The maximum Gasteiger partial charge on any atom is 0.102 e. The molecule has 0 unspecified atom stereocenters. The minimum absolute atomic E-state index is 0.336. The molecule has 15 heavy (non-hydrogen) atoms. The number of rotatable bonds is 1. The maximum atomic E-state index is 10.6. The first-order valence-corrected chi connectivity index (χ1v) is 7.05. The minimum Gasteiger partial charge on any atom is -0.384 e. The Kier molecular flexibility index (Phi) is 3.15. The predicted molar refractivity (Wildman–Crippen MR) is 69.3 cm³/mol. The van der Waals surface area contributed by atoms with Crippen LogP contribution in [0.15, 0.2) is 22.7 Å². The number of aliphatic hydroxyl groups is 1. The number of aryl methyl sites for hydroxylation is 1. The Balaban J connectivity index is 2.40. The summed E-state index contributed by atoms with van der Waals surface area (Å²) < 4.78 is 1.10. The monoisotopic (exact) mass is 286 g/mol. The van der Waals surface area contributed by atoms with E-state index in [4.69, 9.17) is 0 Å². The molecule has 1 nitrogen and oxygen atoms in total. The molecule has 0 radical (unpaired) electrons. The zero-order valence-corrected chi connectivity index (χ0v) is 11.4. The molecular formula is C12H15BrOS. The second-order valence-corrected chi connectivity index (χ2v) is 6.19. The number of benzene rings is 1. The molecule has 0 saturated carbocycles. The van der Waals surface area contributed by atoms with Crippen LogP contribution in [-0.4, -0.2) is 16.6 Å². The first-order chi connectivity index (χ1) is 7.04. The van der Waals surface area contributed by atoms with Crippen LogP contribution in [0.25, 0.3) is 0 Å². The number of halogens is 1. The van der Waals surface area contributed by atoms with Gasteiger partial charge in [-0.1, -0.05) is 35.0 Å². The summed E-state index contributed by atoms with van der Waals surface area (Å²) in [6.45, 7) is 4.18. The molecule has 2 atom stereocenters. The van der Waals surface area contributed by atoms with Crippen molar-refractivity contribution in [3.63, 3.8) is 0 Å². The van der Waals surface area contributed by atoms with Crippen molar-refractivity contribution in [3.05, 3.63) is 33.8 Å². The third-order valence-electron chi connectivity index (χ3n) is 3.16. The van der Waals surface area contributed by atoms with Gasteiger partial charge in [-0.2, -0.15) is 11.8 Å². The Bertz CT molecular complexity index is 380. The highest BCUT2D eigenvalue weighted by Gasteiger charge is 2.40. The Hall–Kier alpha value is 0.01000. The average molecular weight is 287 g/mol. The van der Waals surface area contributed by atoms with Gasteiger partial charge < -0.3 is 5.11 Å². The Labute approximate surface area is 103 Å². The van der Waals surface area contributed by atoms with Crippen molar-refractivity contribution in [2.24, 2.45) is 5.92 Å². The Morgan fingerprint density at radius 2 is 2.27 bits per heavy atom. The molecule has 1 aliphatic heterocycles. The molecule has 2 rings (SSSR count). The molecule has 3 heteroatoms. The van der Waals surface area contributed by atoms with Crippen LogP contribution in [0.5, 0.6) is 0 Å². The topological polar surface area (TPSA) is 20.2 Å². The van der Waals surface area contributed by atoms with E-state index in [1.165, 1.54) is 5.56 Å². The lowest BCUT2D eigenvalue weighted by Crippen LogP contribution is -2.32. The van der Waals surface area contributed by atoms with Gasteiger partial charge in [-0.15, -0.1) is 0 Å². The second-order valence-electron chi connectivity index (χ2n) is 4.30. The summed E-state index contributed by atoms with van der Waals surface area (Å²) in [5.74, 6) is 2.20. The van der Waals surface area contributed by atoms with Crippen molar-refractivity contribution >= 4 is 27.7 Å². The van der Waals surface area contributed by atoms with E-state index in [0.29, 0.717) is 5.92 Å². The van der Waals surface area contributed by atoms with Crippen molar-refractivity contribution in [2.45, 2.75) is 19.4 Å². The van der Waals surface area contributed by atoms with Crippen LogP contribution in [0, 0.1) is 12.8 Å². The van der Waals surface area contributed by atoms with E-state index in [-0.39, 0.29) is 0 Å². The zero-order valence-electron chi connectivity index (χ0n) is 8.96. The van der Waals surface area contributed by atoms with E-state index < -0.39 is 5.60 Å². The molecule has 1 aromatic carbocycles. The molecule has 0 spiro atoms. The fraction of sp³-hybridized carbons (Fsp3) is 0.500. The first-order valence-electron chi connectivity index (χ1n) is 5.11. The van der Waals surface area contributed by atoms with Crippen LogP contribution in [0.2, 0.25) is 0 Å². The highest BCUT2D eigenvalue weighted by atomic mass is 79.9. The molecule has 1 aliphatic rings. The van der Waals surface area contributed by atoms with Gasteiger partial charge in [0.1, 0.15) is 5.60 Å². The molecule has 0 amide bonds. The molecule has 0 bridgehead atoms. The quantitative estimate of drug-likeness (QED) is 0.855. The van der Waals surface area contributed by atoms with Crippen molar-refractivity contribution in [2.75, 3.05) is 11.5 Å². The van der Waals surface area contributed by atoms with E-state index in [9.17, 15) is 5.11 Å². The summed E-state index contributed by atoms with van der Waals surface area (Å²) in [6.07, 6.45) is 0. The van der Waals surface area contributed by atoms with Gasteiger partial charge in [0.25, 0.3) is 0 Å².